The first-order chi connectivity index (χ1) is 6.81. The van der Waals surface area contributed by atoms with E-state index in [1.807, 2.05) is 0 Å². The van der Waals surface area contributed by atoms with E-state index in [0.29, 0.717) is 0 Å². The van der Waals surface area contributed by atoms with Crippen molar-refractivity contribution in [3.63, 3.8) is 0 Å². The molecule has 0 amide bonds. The Balaban J connectivity index is 2.18. The molecule has 2 N–H and O–H groups in total. The Hall–Kier alpha value is -0.380. The minimum Gasteiger partial charge on any atom is -0.329 e. The fraction of sp³-hybridized carbons (Fsp3) is 0.455. The highest BCUT2D eigenvalue weighted by Crippen LogP contribution is 2.25. The molecule has 1 aliphatic rings. The zero-order chi connectivity index (χ0) is 9.97. The van der Waals surface area contributed by atoms with Crippen LogP contribution in [0.25, 0.3) is 0 Å². The van der Waals surface area contributed by atoms with E-state index >= 15 is 0 Å². The van der Waals surface area contributed by atoms with Crippen molar-refractivity contribution in [1.29, 1.82) is 0 Å². The Morgan fingerprint density at radius 1 is 1.43 bits per heavy atom. The number of fused-ring (bicyclic) bond motifs is 1. The third-order valence-corrected chi connectivity index (χ3v) is 3.48. The fourth-order valence-electron chi connectivity index (χ4n) is 1.99. The van der Waals surface area contributed by atoms with Crippen molar-refractivity contribution < 1.29 is 0 Å². The average molecular weight is 255 g/mol. The first-order valence-electron chi connectivity index (χ1n) is 5.00. The zero-order valence-electron chi connectivity index (χ0n) is 8.17. The van der Waals surface area contributed by atoms with E-state index in [2.05, 4.69) is 39.0 Å². The van der Waals surface area contributed by atoms with E-state index in [-0.39, 0.29) is 0 Å². The van der Waals surface area contributed by atoms with Crippen LogP contribution in [0.2, 0.25) is 0 Å². The molecule has 0 atom stereocenters. The summed E-state index contributed by atoms with van der Waals surface area (Å²) < 4.78 is 1.25. The van der Waals surface area contributed by atoms with Crippen molar-refractivity contribution in [3.05, 3.63) is 33.8 Å². The van der Waals surface area contributed by atoms with Crippen molar-refractivity contribution >= 4 is 15.9 Å². The summed E-state index contributed by atoms with van der Waals surface area (Å²) in [5.74, 6) is 0. The van der Waals surface area contributed by atoms with Crippen LogP contribution in [0.5, 0.6) is 0 Å². The predicted octanol–water partition coefficient (Wildman–Crippen LogP) is 1.77. The van der Waals surface area contributed by atoms with Gasteiger partial charge in [-0.2, -0.15) is 0 Å². The largest absolute Gasteiger partial charge is 0.329 e. The van der Waals surface area contributed by atoms with Crippen molar-refractivity contribution in [2.75, 3.05) is 19.6 Å². The van der Waals surface area contributed by atoms with E-state index in [0.717, 1.165) is 32.6 Å². The van der Waals surface area contributed by atoms with Gasteiger partial charge in [-0.25, -0.2) is 0 Å². The first-order valence-corrected chi connectivity index (χ1v) is 5.79. The molecule has 1 aromatic carbocycles. The molecule has 0 aliphatic carbocycles. The number of benzene rings is 1. The Labute approximate surface area is 93.2 Å². The van der Waals surface area contributed by atoms with Crippen molar-refractivity contribution in [2.45, 2.75) is 13.0 Å². The molecule has 1 aromatic rings. The monoisotopic (exact) mass is 254 g/mol. The lowest BCUT2D eigenvalue weighted by Crippen LogP contribution is -2.34. The van der Waals surface area contributed by atoms with Crippen LogP contribution in [0.1, 0.15) is 11.1 Å². The highest BCUT2D eigenvalue weighted by atomic mass is 79.9. The molecule has 1 aliphatic heterocycles. The van der Waals surface area contributed by atoms with Gasteiger partial charge in [0, 0.05) is 30.7 Å². The molecular weight excluding hydrogens is 240 g/mol. The standard InChI is InChI=1S/C11H15BrN2/c12-11-3-1-2-9-8-14(7-5-13)6-4-10(9)11/h1-3H,4-8,13H2. The lowest BCUT2D eigenvalue weighted by molar-refractivity contribution is 0.261. The highest BCUT2D eigenvalue weighted by molar-refractivity contribution is 9.10. The zero-order valence-corrected chi connectivity index (χ0v) is 9.76. The Morgan fingerprint density at radius 3 is 3.07 bits per heavy atom. The molecule has 0 radical (unpaired) electrons. The van der Waals surface area contributed by atoms with Gasteiger partial charge in [-0.15, -0.1) is 0 Å². The van der Waals surface area contributed by atoms with E-state index in [4.69, 9.17) is 5.73 Å². The topological polar surface area (TPSA) is 29.3 Å². The molecule has 2 rings (SSSR count). The van der Waals surface area contributed by atoms with Gasteiger partial charge in [-0.3, -0.25) is 4.90 Å². The predicted molar refractivity (Wildman–Crippen MR) is 62.2 cm³/mol. The van der Waals surface area contributed by atoms with Gasteiger partial charge in [-0.1, -0.05) is 28.1 Å². The highest BCUT2D eigenvalue weighted by Gasteiger charge is 2.16. The summed E-state index contributed by atoms with van der Waals surface area (Å²) in [5.41, 5.74) is 8.47. The van der Waals surface area contributed by atoms with Crippen LogP contribution in [0.4, 0.5) is 0 Å². The summed E-state index contributed by atoms with van der Waals surface area (Å²) in [6.45, 7) is 3.94. The second-order valence-corrected chi connectivity index (χ2v) is 4.55. The van der Waals surface area contributed by atoms with Gasteiger partial charge in [0.1, 0.15) is 0 Å². The summed E-state index contributed by atoms with van der Waals surface area (Å²) in [4.78, 5) is 2.41. The van der Waals surface area contributed by atoms with Gasteiger partial charge >= 0.3 is 0 Å². The van der Waals surface area contributed by atoms with Crippen LogP contribution < -0.4 is 5.73 Å². The lowest BCUT2D eigenvalue weighted by Gasteiger charge is -2.28. The minimum absolute atomic E-state index is 0.753. The third kappa shape index (κ3) is 2.00. The second kappa shape index (κ2) is 4.43. The maximum Gasteiger partial charge on any atom is 0.0237 e. The van der Waals surface area contributed by atoms with Crippen LogP contribution in [-0.4, -0.2) is 24.5 Å². The van der Waals surface area contributed by atoms with E-state index in [1.165, 1.54) is 15.6 Å². The van der Waals surface area contributed by atoms with E-state index in [9.17, 15) is 0 Å². The van der Waals surface area contributed by atoms with Crippen LogP contribution in [-0.2, 0) is 13.0 Å². The van der Waals surface area contributed by atoms with E-state index < -0.39 is 0 Å². The molecule has 14 heavy (non-hydrogen) atoms. The Morgan fingerprint density at radius 2 is 2.29 bits per heavy atom. The van der Waals surface area contributed by atoms with Gasteiger partial charge in [0.25, 0.3) is 0 Å². The number of nitrogens with zero attached hydrogens (tertiary/aromatic N) is 1. The molecular formula is C11H15BrN2. The molecule has 0 bridgehead atoms. The number of nitrogens with two attached hydrogens (primary N) is 1. The average Bonchev–Trinajstić information content (AvgIpc) is 2.18. The molecule has 0 aromatic heterocycles. The molecule has 3 heteroatoms. The van der Waals surface area contributed by atoms with Gasteiger partial charge in [0.05, 0.1) is 0 Å². The molecule has 0 saturated heterocycles. The summed E-state index contributed by atoms with van der Waals surface area (Å²) in [7, 11) is 0. The Bertz CT molecular complexity index is 325. The SMILES string of the molecule is NCCN1CCc2c(Br)cccc2C1. The molecule has 0 saturated carbocycles. The maximum absolute atomic E-state index is 5.56. The normalized spacial score (nSPS) is 16.7. The number of hydrogen-bond acceptors (Lipinski definition) is 2. The molecule has 2 nitrogen and oxygen atoms in total. The second-order valence-electron chi connectivity index (χ2n) is 3.69. The van der Waals surface area contributed by atoms with Gasteiger partial charge < -0.3 is 5.73 Å². The van der Waals surface area contributed by atoms with Crippen molar-refractivity contribution in [2.24, 2.45) is 5.73 Å². The first kappa shape index (κ1) is 10.1. The van der Waals surface area contributed by atoms with E-state index in [1.54, 1.807) is 0 Å². The molecule has 0 spiro atoms. The van der Waals surface area contributed by atoms with Crippen LogP contribution in [0.15, 0.2) is 22.7 Å². The summed E-state index contributed by atoms with van der Waals surface area (Å²) in [6.07, 6.45) is 1.14. The lowest BCUT2D eigenvalue weighted by atomic mass is 10.00. The fourth-order valence-corrected chi connectivity index (χ4v) is 2.60. The number of hydrogen-bond donors (Lipinski definition) is 1. The van der Waals surface area contributed by atoms with Gasteiger partial charge in [-0.05, 0) is 23.6 Å². The van der Waals surface area contributed by atoms with Crippen LogP contribution in [0.3, 0.4) is 0 Å². The molecule has 0 unspecified atom stereocenters. The Kier molecular flexibility index (Phi) is 3.21. The van der Waals surface area contributed by atoms with Gasteiger partial charge in [0.2, 0.25) is 0 Å². The molecule has 0 fully saturated rings. The van der Waals surface area contributed by atoms with Crippen molar-refractivity contribution in [3.8, 4) is 0 Å². The number of rotatable bonds is 2. The van der Waals surface area contributed by atoms with Crippen LogP contribution >= 0.6 is 15.9 Å². The van der Waals surface area contributed by atoms with Crippen LogP contribution in [0, 0.1) is 0 Å². The number of halogens is 1. The van der Waals surface area contributed by atoms with Crippen molar-refractivity contribution in [1.82, 2.24) is 4.90 Å². The summed E-state index contributed by atoms with van der Waals surface area (Å²) in [6, 6.07) is 6.44. The quantitative estimate of drug-likeness (QED) is 0.872. The summed E-state index contributed by atoms with van der Waals surface area (Å²) >= 11 is 3.60. The maximum atomic E-state index is 5.56. The molecule has 1 heterocycles. The van der Waals surface area contributed by atoms with Gasteiger partial charge in [0.15, 0.2) is 0 Å². The minimum atomic E-state index is 0.753. The molecule has 76 valence electrons. The smallest absolute Gasteiger partial charge is 0.0237 e. The summed E-state index contributed by atoms with van der Waals surface area (Å²) in [5, 5.41) is 0. The third-order valence-electron chi connectivity index (χ3n) is 2.73.